The summed E-state index contributed by atoms with van der Waals surface area (Å²) in [4.78, 5) is 16.1. The summed E-state index contributed by atoms with van der Waals surface area (Å²) in [6, 6.07) is 0. The Bertz CT molecular complexity index is 299. The number of rotatable bonds is 4. The Kier molecular flexibility index (Phi) is 2.65. The largest absolute Gasteiger partial charge is 0.382 e. The molecule has 0 aromatic carbocycles. The standard InChI is InChI=1S/C10H17N3O2/c1-3-11-9-12-8(14)10(13-9,6-15-2)7-4-5-7/h7H,3-6H2,1-2H3,(H2,11,12,13,14). The van der Waals surface area contributed by atoms with Gasteiger partial charge in [0, 0.05) is 13.7 Å². The number of aliphatic imine (C=N–C) groups is 1. The van der Waals surface area contributed by atoms with E-state index in [2.05, 4.69) is 15.6 Å². The Labute approximate surface area is 89.3 Å². The zero-order valence-electron chi connectivity index (χ0n) is 9.17. The molecule has 5 heteroatoms. The summed E-state index contributed by atoms with van der Waals surface area (Å²) >= 11 is 0. The Morgan fingerprint density at radius 2 is 2.33 bits per heavy atom. The summed E-state index contributed by atoms with van der Waals surface area (Å²) in [6.45, 7) is 3.01. The Hall–Kier alpha value is -1.10. The SMILES string of the molecule is CCN=C1NC(=O)C(COC)(C2CC2)N1. The molecule has 0 bridgehead atoms. The van der Waals surface area contributed by atoms with Crippen molar-refractivity contribution in [2.75, 3.05) is 20.3 Å². The van der Waals surface area contributed by atoms with Crippen molar-refractivity contribution in [1.82, 2.24) is 10.6 Å². The number of hydrogen-bond acceptors (Lipinski definition) is 3. The Morgan fingerprint density at radius 3 is 2.87 bits per heavy atom. The number of nitrogens with one attached hydrogen (secondary N) is 2. The summed E-state index contributed by atoms with van der Waals surface area (Å²) in [6.07, 6.45) is 2.17. The van der Waals surface area contributed by atoms with E-state index in [1.807, 2.05) is 6.92 Å². The molecule has 15 heavy (non-hydrogen) atoms. The van der Waals surface area contributed by atoms with Crippen molar-refractivity contribution in [1.29, 1.82) is 0 Å². The van der Waals surface area contributed by atoms with Gasteiger partial charge in [-0.15, -0.1) is 0 Å². The molecule has 0 aromatic heterocycles. The lowest BCUT2D eigenvalue weighted by Crippen LogP contribution is -2.52. The molecular formula is C10H17N3O2. The van der Waals surface area contributed by atoms with E-state index in [-0.39, 0.29) is 5.91 Å². The summed E-state index contributed by atoms with van der Waals surface area (Å²) in [5, 5.41) is 5.95. The molecule has 1 amide bonds. The van der Waals surface area contributed by atoms with Crippen molar-refractivity contribution in [3.05, 3.63) is 0 Å². The molecule has 1 saturated carbocycles. The number of methoxy groups -OCH3 is 1. The molecule has 0 radical (unpaired) electrons. The smallest absolute Gasteiger partial charge is 0.255 e. The van der Waals surface area contributed by atoms with Crippen molar-refractivity contribution >= 4 is 11.9 Å². The van der Waals surface area contributed by atoms with Gasteiger partial charge in [0.2, 0.25) is 0 Å². The minimum absolute atomic E-state index is 0.000880. The van der Waals surface area contributed by atoms with Crippen LogP contribution in [0.15, 0.2) is 4.99 Å². The molecule has 2 aliphatic rings. The first kappa shape index (κ1) is 10.4. The first-order valence-corrected chi connectivity index (χ1v) is 5.36. The zero-order valence-corrected chi connectivity index (χ0v) is 9.17. The lowest BCUT2D eigenvalue weighted by atomic mass is 9.95. The number of ether oxygens (including phenoxy) is 1. The van der Waals surface area contributed by atoms with Gasteiger partial charge in [0.1, 0.15) is 5.54 Å². The second-order valence-electron chi connectivity index (χ2n) is 4.08. The van der Waals surface area contributed by atoms with Crippen molar-refractivity contribution < 1.29 is 9.53 Å². The van der Waals surface area contributed by atoms with Crippen LogP contribution in [-0.2, 0) is 9.53 Å². The lowest BCUT2D eigenvalue weighted by molar-refractivity contribution is -0.126. The highest BCUT2D eigenvalue weighted by Gasteiger charge is 2.55. The van der Waals surface area contributed by atoms with E-state index in [1.165, 1.54) is 0 Å². The van der Waals surface area contributed by atoms with Gasteiger partial charge in [0.05, 0.1) is 6.61 Å². The van der Waals surface area contributed by atoms with E-state index in [1.54, 1.807) is 7.11 Å². The highest BCUT2D eigenvalue weighted by Crippen LogP contribution is 2.41. The van der Waals surface area contributed by atoms with Crippen LogP contribution in [0.1, 0.15) is 19.8 Å². The van der Waals surface area contributed by atoms with Gasteiger partial charge in [0.15, 0.2) is 5.96 Å². The third kappa shape index (κ3) is 1.71. The van der Waals surface area contributed by atoms with Crippen LogP contribution in [0.25, 0.3) is 0 Å². The van der Waals surface area contributed by atoms with Gasteiger partial charge >= 0.3 is 0 Å². The van der Waals surface area contributed by atoms with Gasteiger partial charge in [-0.2, -0.15) is 0 Å². The summed E-state index contributed by atoms with van der Waals surface area (Å²) in [5.74, 6) is 0.979. The maximum Gasteiger partial charge on any atom is 0.255 e. The monoisotopic (exact) mass is 211 g/mol. The molecule has 0 aromatic rings. The molecule has 1 heterocycles. The van der Waals surface area contributed by atoms with Crippen LogP contribution < -0.4 is 10.6 Å². The molecule has 1 saturated heterocycles. The average molecular weight is 211 g/mol. The quantitative estimate of drug-likeness (QED) is 0.681. The van der Waals surface area contributed by atoms with Crippen molar-refractivity contribution in [3.8, 4) is 0 Å². The fraction of sp³-hybridized carbons (Fsp3) is 0.800. The van der Waals surface area contributed by atoms with Crippen LogP contribution in [0.3, 0.4) is 0 Å². The predicted molar refractivity (Wildman–Crippen MR) is 56.6 cm³/mol. The maximum absolute atomic E-state index is 11.9. The molecule has 0 spiro atoms. The molecule has 1 aliphatic heterocycles. The predicted octanol–water partition coefficient (Wildman–Crippen LogP) is -0.123. The topological polar surface area (TPSA) is 62.7 Å². The molecule has 2 N–H and O–H groups in total. The first-order valence-electron chi connectivity index (χ1n) is 5.36. The van der Waals surface area contributed by atoms with Crippen LogP contribution in [0.5, 0.6) is 0 Å². The second kappa shape index (κ2) is 3.81. The van der Waals surface area contributed by atoms with E-state index < -0.39 is 5.54 Å². The molecule has 2 rings (SSSR count). The van der Waals surface area contributed by atoms with E-state index in [0.717, 1.165) is 12.8 Å². The second-order valence-corrected chi connectivity index (χ2v) is 4.08. The van der Waals surface area contributed by atoms with Gasteiger partial charge in [-0.3, -0.25) is 15.1 Å². The third-order valence-corrected chi connectivity index (χ3v) is 2.94. The van der Waals surface area contributed by atoms with Gasteiger partial charge in [-0.25, -0.2) is 0 Å². The molecule has 5 nitrogen and oxygen atoms in total. The van der Waals surface area contributed by atoms with E-state index >= 15 is 0 Å². The Balaban J connectivity index is 2.18. The normalized spacial score (nSPS) is 32.9. The van der Waals surface area contributed by atoms with Crippen LogP contribution >= 0.6 is 0 Å². The van der Waals surface area contributed by atoms with Crippen LogP contribution in [0.4, 0.5) is 0 Å². The summed E-state index contributed by atoms with van der Waals surface area (Å²) in [7, 11) is 1.62. The summed E-state index contributed by atoms with van der Waals surface area (Å²) < 4.78 is 5.15. The summed E-state index contributed by atoms with van der Waals surface area (Å²) in [5.41, 5.74) is -0.567. The molecule has 1 aliphatic carbocycles. The zero-order chi connectivity index (χ0) is 10.9. The van der Waals surface area contributed by atoms with E-state index in [9.17, 15) is 4.79 Å². The number of carbonyl (C=O) groups excluding carboxylic acids is 1. The number of amides is 1. The van der Waals surface area contributed by atoms with Crippen molar-refractivity contribution in [2.45, 2.75) is 25.3 Å². The van der Waals surface area contributed by atoms with Gasteiger partial charge in [-0.05, 0) is 25.7 Å². The molecule has 2 fully saturated rings. The fourth-order valence-corrected chi connectivity index (χ4v) is 2.07. The van der Waals surface area contributed by atoms with Crippen LogP contribution in [0, 0.1) is 5.92 Å². The first-order chi connectivity index (χ1) is 7.23. The molecule has 1 atom stereocenters. The minimum atomic E-state index is -0.567. The number of nitrogens with zero attached hydrogens (tertiary/aromatic N) is 1. The maximum atomic E-state index is 11.9. The van der Waals surface area contributed by atoms with Crippen molar-refractivity contribution in [2.24, 2.45) is 10.9 Å². The van der Waals surface area contributed by atoms with Crippen LogP contribution in [-0.4, -0.2) is 37.7 Å². The number of carbonyl (C=O) groups is 1. The third-order valence-electron chi connectivity index (χ3n) is 2.94. The Morgan fingerprint density at radius 1 is 1.60 bits per heavy atom. The number of guanidine groups is 1. The van der Waals surface area contributed by atoms with Crippen LogP contribution in [0.2, 0.25) is 0 Å². The van der Waals surface area contributed by atoms with Gasteiger partial charge in [-0.1, -0.05) is 0 Å². The molecule has 1 unspecified atom stereocenters. The van der Waals surface area contributed by atoms with Crippen molar-refractivity contribution in [3.63, 3.8) is 0 Å². The minimum Gasteiger partial charge on any atom is -0.382 e. The van der Waals surface area contributed by atoms with E-state index in [0.29, 0.717) is 25.0 Å². The van der Waals surface area contributed by atoms with E-state index in [4.69, 9.17) is 4.74 Å². The molecule has 84 valence electrons. The average Bonchev–Trinajstić information content (AvgIpc) is 2.97. The highest BCUT2D eigenvalue weighted by atomic mass is 16.5. The van der Waals surface area contributed by atoms with Gasteiger partial charge in [0.25, 0.3) is 5.91 Å². The highest BCUT2D eigenvalue weighted by molar-refractivity contribution is 6.09. The number of hydrogen-bond donors (Lipinski definition) is 2. The fourth-order valence-electron chi connectivity index (χ4n) is 2.07. The van der Waals surface area contributed by atoms with Gasteiger partial charge < -0.3 is 10.1 Å². The molecular weight excluding hydrogens is 194 g/mol. The lowest BCUT2D eigenvalue weighted by Gasteiger charge is -2.25.